The lowest BCUT2D eigenvalue weighted by Crippen LogP contribution is -2.54. The van der Waals surface area contributed by atoms with E-state index in [1.807, 2.05) is 0 Å². The summed E-state index contributed by atoms with van der Waals surface area (Å²) in [5, 5.41) is 10.3. The summed E-state index contributed by atoms with van der Waals surface area (Å²) in [6.07, 6.45) is 19.3. The van der Waals surface area contributed by atoms with Gasteiger partial charge in [0.15, 0.2) is 0 Å². The maximum atomic E-state index is 10.3. The van der Waals surface area contributed by atoms with E-state index < -0.39 is 0 Å². The van der Waals surface area contributed by atoms with E-state index in [1.54, 1.807) is 0 Å². The second kappa shape index (κ2) is 9.91. The molecule has 0 saturated heterocycles. The first kappa shape index (κ1) is 25.1. The summed E-state index contributed by atoms with van der Waals surface area (Å²) < 4.78 is 0. The summed E-state index contributed by atoms with van der Waals surface area (Å²) >= 11 is 0. The van der Waals surface area contributed by atoms with E-state index in [0.29, 0.717) is 10.8 Å². The molecule has 10 atom stereocenters. The van der Waals surface area contributed by atoms with Gasteiger partial charge >= 0.3 is 0 Å². The fourth-order valence-electron chi connectivity index (χ4n) is 10.6. The highest BCUT2D eigenvalue weighted by molar-refractivity contribution is 5.09. The van der Waals surface area contributed by atoms with Crippen LogP contribution < -0.4 is 0 Å². The minimum Gasteiger partial charge on any atom is -0.393 e. The molecule has 4 fully saturated rings. The third-order valence-corrected chi connectivity index (χ3v) is 12.6. The lowest BCUT2D eigenvalue weighted by atomic mass is 9.44. The van der Waals surface area contributed by atoms with Crippen molar-refractivity contribution in [2.45, 2.75) is 138 Å². The number of aliphatic hydroxyl groups excluding tert-OH is 1. The summed E-state index contributed by atoms with van der Waals surface area (Å²) in [5.74, 6) is 7.47. The van der Waals surface area contributed by atoms with E-state index in [1.165, 1.54) is 77.0 Å². The monoisotopic (exact) mass is 444 g/mol. The Morgan fingerprint density at radius 1 is 0.750 bits per heavy atom. The van der Waals surface area contributed by atoms with Crippen molar-refractivity contribution < 1.29 is 5.11 Å². The first-order chi connectivity index (χ1) is 15.3. The fourth-order valence-corrected chi connectivity index (χ4v) is 10.6. The molecule has 0 amide bonds. The molecule has 0 aliphatic heterocycles. The van der Waals surface area contributed by atoms with Crippen molar-refractivity contribution in [2.75, 3.05) is 0 Å². The van der Waals surface area contributed by atoms with Crippen molar-refractivity contribution in [1.82, 2.24) is 0 Å². The van der Waals surface area contributed by atoms with E-state index in [2.05, 4.69) is 41.5 Å². The number of aliphatic hydroxyl groups is 1. The van der Waals surface area contributed by atoms with Crippen LogP contribution in [0.3, 0.4) is 0 Å². The van der Waals surface area contributed by atoms with Gasteiger partial charge in [-0.3, -0.25) is 0 Å². The molecule has 4 saturated carbocycles. The lowest BCUT2D eigenvalue weighted by Gasteiger charge is -2.61. The van der Waals surface area contributed by atoms with Crippen LogP contribution >= 0.6 is 0 Å². The van der Waals surface area contributed by atoms with Crippen molar-refractivity contribution in [2.24, 2.45) is 58.2 Å². The quantitative estimate of drug-likeness (QED) is 0.396. The largest absolute Gasteiger partial charge is 0.393 e. The predicted octanol–water partition coefficient (Wildman–Crippen LogP) is 8.88. The van der Waals surface area contributed by atoms with Gasteiger partial charge in [0.05, 0.1) is 6.10 Å². The minimum absolute atomic E-state index is 0.0119. The van der Waals surface area contributed by atoms with Gasteiger partial charge in [0.2, 0.25) is 0 Å². The Hall–Kier alpha value is -0.0400. The predicted molar refractivity (Wildman–Crippen MR) is 137 cm³/mol. The molecule has 4 rings (SSSR count). The van der Waals surface area contributed by atoms with Gasteiger partial charge in [-0.15, -0.1) is 0 Å². The van der Waals surface area contributed by atoms with Crippen LogP contribution in [0.25, 0.3) is 0 Å². The highest BCUT2D eigenvalue weighted by atomic mass is 16.3. The van der Waals surface area contributed by atoms with Gasteiger partial charge in [-0.1, -0.05) is 67.2 Å². The van der Waals surface area contributed by atoms with Gasteiger partial charge in [-0.05, 0) is 122 Å². The highest BCUT2D eigenvalue weighted by Crippen LogP contribution is 2.68. The standard InChI is InChI=1S/C31H56O/c1-7-22(8-2)23(9-3)11-10-21(4)27-14-15-28-26-13-12-24-20-25(32)16-18-30(24,5)29(26)17-19-31(27,28)6/h21-29,32H,7-20H2,1-6H3/t21-,23?,24?,25+,26+,27-,28+,29+,30+,31-/m1/s1. The van der Waals surface area contributed by atoms with Crippen molar-refractivity contribution in [3.05, 3.63) is 0 Å². The van der Waals surface area contributed by atoms with Crippen LogP contribution in [0, 0.1) is 58.2 Å². The molecule has 0 heterocycles. The van der Waals surface area contributed by atoms with Gasteiger partial charge in [0, 0.05) is 0 Å². The van der Waals surface area contributed by atoms with Crippen molar-refractivity contribution in [3.63, 3.8) is 0 Å². The van der Waals surface area contributed by atoms with Crippen molar-refractivity contribution >= 4 is 0 Å². The molecule has 32 heavy (non-hydrogen) atoms. The highest BCUT2D eigenvalue weighted by Gasteiger charge is 2.60. The molecule has 4 aliphatic rings. The first-order valence-electron chi connectivity index (χ1n) is 15.0. The number of rotatable bonds is 8. The summed E-state index contributed by atoms with van der Waals surface area (Å²) in [4.78, 5) is 0. The molecule has 0 radical (unpaired) electrons. The fraction of sp³-hybridized carbons (Fsp3) is 1.00. The van der Waals surface area contributed by atoms with Gasteiger partial charge in [0.1, 0.15) is 0 Å². The molecule has 4 aliphatic carbocycles. The molecule has 1 N–H and O–H groups in total. The zero-order valence-electron chi connectivity index (χ0n) is 22.5. The topological polar surface area (TPSA) is 20.2 Å². The summed E-state index contributed by atoms with van der Waals surface area (Å²) in [7, 11) is 0. The Bertz CT molecular complexity index is 610. The van der Waals surface area contributed by atoms with Crippen LogP contribution in [0.4, 0.5) is 0 Å². The molecule has 2 unspecified atom stereocenters. The van der Waals surface area contributed by atoms with Crippen LogP contribution in [0.5, 0.6) is 0 Å². The molecular formula is C31H56O. The van der Waals surface area contributed by atoms with Crippen LogP contribution in [0.15, 0.2) is 0 Å². The maximum absolute atomic E-state index is 10.3. The minimum atomic E-state index is -0.0119. The molecule has 0 aromatic heterocycles. The van der Waals surface area contributed by atoms with Crippen LogP contribution in [-0.2, 0) is 0 Å². The van der Waals surface area contributed by atoms with Gasteiger partial charge < -0.3 is 5.11 Å². The molecule has 186 valence electrons. The molecule has 1 nitrogen and oxygen atoms in total. The Labute approximate surface area is 200 Å². The summed E-state index contributed by atoms with van der Waals surface area (Å²) in [6.45, 7) is 15.3. The molecule has 0 bridgehead atoms. The molecular weight excluding hydrogens is 388 g/mol. The average Bonchev–Trinajstić information content (AvgIpc) is 3.14. The van der Waals surface area contributed by atoms with E-state index in [0.717, 1.165) is 60.2 Å². The van der Waals surface area contributed by atoms with E-state index in [-0.39, 0.29) is 6.10 Å². The van der Waals surface area contributed by atoms with Gasteiger partial charge in [-0.25, -0.2) is 0 Å². The molecule has 0 spiro atoms. The maximum Gasteiger partial charge on any atom is 0.0543 e. The molecule has 1 heteroatoms. The Balaban J connectivity index is 1.42. The van der Waals surface area contributed by atoms with Gasteiger partial charge in [-0.2, -0.15) is 0 Å². The van der Waals surface area contributed by atoms with Crippen molar-refractivity contribution in [1.29, 1.82) is 0 Å². The second-order valence-corrected chi connectivity index (χ2v) is 13.6. The normalized spacial score (nSPS) is 45.8. The third kappa shape index (κ3) is 4.24. The first-order valence-corrected chi connectivity index (χ1v) is 15.0. The smallest absolute Gasteiger partial charge is 0.0543 e. The van der Waals surface area contributed by atoms with Crippen LogP contribution in [0.2, 0.25) is 0 Å². The zero-order chi connectivity index (χ0) is 23.1. The van der Waals surface area contributed by atoms with Gasteiger partial charge in [0.25, 0.3) is 0 Å². The Kier molecular flexibility index (Phi) is 7.76. The lowest BCUT2D eigenvalue weighted by molar-refractivity contribution is -0.129. The third-order valence-electron chi connectivity index (χ3n) is 12.6. The molecule has 0 aromatic rings. The van der Waals surface area contributed by atoms with E-state index in [4.69, 9.17) is 0 Å². The van der Waals surface area contributed by atoms with E-state index in [9.17, 15) is 5.11 Å². The number of hydrogen-bond donors (Lipinski definition) is 1. The average molecular weight is 445 g/mol. The van der Waals surface area contributed by atoms with Crippen LogP contribution in [0.1, 0.15) is 131 Å². The summed E-state index contributed by atoms with van der Waals surface area (Å²) in [5.41, 5.74) is 1.13. The second-order valence-electron chi connectivity index (χ2n) is 13.6. The zero-order valence-corrected chi connectivity index (χ0v) is 22.5. The number of hydrogen-bond acceptors (Lipinski definition) is 1. The molecule has 0 aromatic carbocycles. The van der Waals surface area contributed by atoms with Crippen LogP contribution in [-0.4, -0.2) is 11.2 Å². The van der Waals surface area contributed by atoms with E-state index >= 15 is 0 Å². The Morgan fingerprint density at radius 3 is 2.09 bits per heavy atom. The number of fused-ring (bicyclic) bond motifs is 5. The van der Waals surface area contributed by atoms with Crippen molar-refractivity contribution in [3.8, 4) is 0 Å². The Morgan fingerprint density at radius 2 is 1.41 bits per heavy atom. The SMILES string of the molecule is CCC(CC)C(CC)CC[C@@H](C)[C@H]1CC[C@H]2[C@@H]3CCC4C[C@@H](O)CC[C@]4(C)[C@H]3CC[C@]12C. The summed E-state index contributed by atoms with van der Waals surface area (Å²) in [6, 6.07) is 0.